The van der Waals surface area contributed by atoms with Gasteiger partial charge in [-0.15, -0.1) is 0 Å². The van der Waals surface area contributed by atoms with E-state index in [1.165, 1.54) is 0 Å². The first-order chi connectivity index (χ1) is 11.2. The molecule has 0 saturated heterocycles. The Hall–Kier alpha value is -3.21. The first kappa shape index (κ1) is 13.5. The Bertz CT molecular complexity index is 950. The Labute approximate surface area is 131 Å². The van der Waals surface area contributed by atoms with E-state index in [9.17, 15) is 9.59 Å². The predicted octanol–water partition coefficient (Wildman–Crippen LogP) is 2.70. The minimum absolute atomic E-state index is 0.225. The van der Waals surface area contributed by atoms with Crippen LogP contribution < -0.4 is 10.1 Å². The Balaban J connectivity index is 1.62. The van der Waals surface area contributed by atoms with E-state index in [4.69, 9.17) is 4.74 Å². The number of carbonyl (C=O) groups is 2. The number of imide groups is 1. The summed E-state index contributed by atoms with van der Waals surface area (Å²) in [7, 11) is 0. The van der Waals surface area contributed by atoms with Crippen LogP contribution in [0.15, 0.2) is 54.6 Å². The first-order valence-electron chi connectivity index (χ1n) is 7.18. The van der Waals surface area contributed by atoms with E-state index in [1.54, 1.807) is 18.2 Å². The summed E-state index contributed by atoms with van der Waals surface area (Å²) in [4.78, 5) is 28.0. The summed E-state index contributed by atoms with van der Waals surface area (Å²) >= 11 is 0. The normalized spacial score (nSPS) is 13.0. The molecule has 0 unspecified atom stereocenters. The van der Waals surface area contributed by atoms with Gasteiger partial charge in [-0.2, -0.15) is 0 Å². The van der Waals surface area contributed by atoms with E-state index in [0.29, 0.717) is 16.9 Å². The molecule has 5 nitrogen and oxygen atoms in total. The van der Waals surface area contributed by atoms with Gasteiger partial charge < -0.3 is 4.74 Å². The van der Waals surface area contributed by atoms with Crippen molar-refractivity contribution in [3.8, 4) is 5.75 Å². The standard InChI is InChI=1S/C18H12N2O3/c21-17-13-5-3-7-15(16(13)18(22)20-17)23-10-12-9-8-11-4-1-2-6-14(11)19-12/h1-9H,10H2,(H,20,21,22). The molecule has 0 radical (unpaired) electrons. The number of nitrogens with one attached hydrogen (secondary N) is 1. The highest BCUT2D eigenvalue weighted by Crippen LogP contribution is 2.27. The maximum absolute atomic E-state index is 11.9. The fourth-order valence-electron chi connectivity index (χ4n) is 2.65. The minimum Gasteiger partial charge on any atom is -0.486 e. The lowest BCUT2D eigenvalue weighted by Crippen LogP contribution is -2.20. The molecule has 0 fully saturated rings. The van der Waals surface area contributed by atoms with Gasteiger partial charge in [0.1, 0.15) is 12.4 Å². The van der Waals surface area contributed by atoms with Crippen LogP contribution in [-0.2, 0) is 6.61 Å². The van der Waals surface area contributed by atoms with Crippen LogP contribution in [0.2, 0.25) is 0 Å². The van der Waals surface area contributed by atoms with Gasteiger partial charge in [0.25, 0.3) is 11.8 Å². The van der Waals surface area contributed by atoms with Crippen LogP contribution in [0.1, 0.15) is 26.4 Å². The molecule has 2 heterocycles. The third-order valence-electron chi connectivity index (χ3n) is 3.76. The van der Waals surface area contributed by atoms with Gasteiger partial charge in [-0.25, -0.2) is 4.98 Å². The molecule has 2 aromatic carbocycles. The molecule has 1 aromatic heterocycles. The highest BCUT2D eigenvalue weighted by Gasteiger charge is 2.30. The van der Waals surface area contributed by atoms with Gasteiger partial charge in [0, 0.05) is 5.39 Å². The molecule has 112 valence electrons. The number of hydrogen-bond acceptors (Lipinski definition) is 4. The van der Waals surface area contributed by atoms with Crippen LogP contribution in [0.4, 0.5) is 0 Å². The van der Waals surface area contributed by atoms with Crippen LogP contribution in [0.3, 0.4) is 0 Å². The van der Waals surface area contributed by atoms with Gasteiger partial charge in [-0.1, -0.05) is 30.3 Å². The van der Waals surface area contributed by atoms with Crippen LogP contribution in [0.5, 0.6) is 5.75 Å². The first-order valence-corrected chi connectivity index (χ1v) is 7.18. The molecule has 0 atom stereocenters. The molecule has 3 aromatic rings. The summed E-state index contributed by atoms with van der Waals surface area (Å²) in [5.74, 6) is -0.424. The Morgan fingerprint density at radius 1 is 0.913 bits per heavy atom. The van der Waals surface area contributed by atoms with E-state index in [0.717, 1.165) is 16.6 Å². The summed E-state index contributed by atoms with van der Waals surface area (Å²) in [6.07, 6.45) is 0. The summed E-state index contributed by atoms with van der Waals surface area (Å²) < 4.78 is 5.73. The van der Waals surface area contributed by atoms with E-state index in [2.05, 4.69) is 10.3 Å². The predicted molar refractivity (Wildman–Crippen MR) is 84.3 cm³/mol. The maximum Gasteiger partial charge on any atom is 0.262 e. The molecule has 5 heteroatoms. The second-order valence-electron chi connectivity index (χ2n) is 5.25. The second-order valence-corrected chi connectivity index (χ2v) is 5.25. The van der Waals surface area contributed by atoms with E-state index >= 15 is 0 Å². The summed E-state index contributed by atoms with van der Waals surface area (Å²) in [6.45, 7) is 0.225. The molecule has 0 aliphatic carbocycles. The maximum atomic E-state index is 11.9. The number of hydrogen-bond donors (Lipinski definition) is 1. The number of amides is 2. The minimum atomic E-state index is -0.424. The van der Waals surface area contributed by atoms with Crippen LogP contribution in [0, 0.1) is 0 Å². The average Bonchev–Trinajstić information content (AvgIpc) is 2.88. The molecular formula is C18H12N2O3. The Morgan fingerprint density at radius 3 is 2.70 bits per heavy atom. The molecule has 0 saturated carbocycles. The smallest absolute Gasteiger partial charge is 0.262 e. The van der Waals surface area contributed by atoms with Gasteiger partial charge in [0.15, 0.2) is 0 Å². The number of benzene rings is 2. The third kappa shape index (κ3) is 2.32. The molecule has 0 bridgehead atoms. The van der Waals surface area contributed by atoms with Gasteiger partial charge in [0.2, 0.25) is 0 Å². The number of para-hydroxylation sites is 1. The summed E-state index contributed by atoms with van der Waals surface area (Å²) in [5.41, 5.74) is 2.28. The van der Waals surface area contributed by atoms with Crippen molar-refractivity contribution in [2.75, 3.05) is 0 Å². The number of aromatic nitrogens is 1. The molecule has 0 spiro atoms. The van der Waals surface area contributed by atoms with Crippen molar-refractivity contribution < 1.29 is 14.3 Å². The highest BCUT2D eigenvalue weighted by atomic mass is 16.5. The van der Waals surface area contributed by atoms with Crippen molar-refractivity contribution in [3.63, 3.8) is 0 Å². The number of ether oxygens (including phenoxy) is 1. The fourth-order valence-corrected chi connectivity index (χ4v) is 2.65. The number of carbonyl (C=O) groups excluding carboxylic acids is 2. The van der Waals surface area contributed by atoms with Gasteiger partial charge >= 0.3 is 0 Å². The van der Waals surface area contributed by atoms with Gasteiger partial charge in [0.05, 0.1) is 22.3 Å². The number of pyridine rings is 1. The second kappa shape index (κ2) is 5.21. The molecule has 4 rings (SSSR count). The third-order valence-corrected chi connectivity index (χ3v) is 3.76. The molecule has 1 aliphatic rings. The number of rotatable bonds is 3. The number of fused-ring (bicyclic) bond motifs is 2. The van der Waals surface area contributed by atoms with Crippen molar-refractivity contribution in [1.29, 1.82) is 0 Å². The Kier molecular flexibility index (Phi) is 3.05. The van der Waals surface area contributed by atoms with Crippen molar-refractivity contribution >= 4 is 22.7 Å². The van der Waals surface area contributed by atoms with Gasteiger partial charge in [-0.3, -0.25) is 14.9 Å². The quantitative estimate of drug-likeness (QED) is 0.755. The van der Waals surface area contributed by atoms with Crippen LogP contribution in [-0.4, -0.2) is 16.8 Å². The van der Waals surface area contributed by atoms with E-state index < -0.39 is 5.91 Å². The van der Waals surface area contributed by atoms with Crippen molar-refractivity contribution in [1.82, 2.24) is 10.3 Å². The van der Waals surface area contributed by atoms with Crippen molar-refractivity contribution in [2.24, 2.45) is 0 Å². The van der Waals surface area contributed by atoms with Crippen molar-refractivity contribution in [3.05, 3.63) is 71.4 Å². The van der Waals surface area contributed by atoms with Crippen LogP contribution >= 0.6 is 0 Å². The lowest BCUT2D eigenvalue weighted by Gasteiger charge is -2.09. The lowest BCUT2D eigenvalue weighted by molar-refractivity contribution is 0.0878. The fraction of sp³-hybridized carbons (Fsp3) is 0.0556. The molecule has 23 heavy (non-hydrogen) atoms. The average molecular weight is 304 g/mol. The van der Waals surface area contributed by atoms with Crippen LogP contribution in [0.25, 0.3) is 10.9 Å². The topological polar surface area (TPSA) is 68.3 Å². The summed E-state index contributed by atoms with van der Waals surface area (Å²) in [5, 5.41) is 3.33. The summed E-state index contributed by atoms with van der Waals surface area (Å²) in [6, 6.07) is 16.7. The van der Waals surface area contributed by atoms with E-state index in [-0.39, 0.29) is 12.5 Å². The van der Waals surface area contributed by atoms with Crippen molar-refractivity contribution in [2.45, 2.75) is 6.61 Å². The molecule has 2 amide bonds. The number of nitrogens with zero attached hydrogens (tertiary/aromatic N) is 1. The zero-order valence-corrected chi connectivity index (χ0v) is 12.1. The molecule has 1 N–H and O–H groups in total. The largest absolute Gasteiger partial charge is 0.486 e. The molecule has 1 aliphatic heterocycles. The SMILES string of the molecule is O=C1NC(=O)c2c(OCc3ccc4ccccc4n3)cccc21. The van der Waals surface area contributed by atoms with Gasteiger partial charge in [-0.05, 0) is 24.3 Å². The van der Waals surface area contributed by atoms with E-state index in [1.807, 2.05) is 36.4 Å². The zero-order valence-electron chi connectivity index (χ0n) is 12.1. The molecular weight excluding hydrogens is 292 g/mol. The zero-order chi connectivity index (χ0) is 15.8. The Morgan fingerprint density at radius 2 is 1.78 bits per heavy atom. The monoisotopic (exact) mass is 304 g/mol. The highest BCUT2D eigenvalue weighted by molar-refractivity contribution is 6.22. The lowest BCUT2D eigenvalue weighted by atomic mass is 10.1.